The van der Waals surface area contributed by atoms with Crippen molar-refractivity contribution in [1.29, 1.82) is 0 Å². The van der Waals surface area contributed by atoms with E-state index >= 15 is 0 Å². The van der Waals surface area contributed by atoms with Crippen molar-refractivity contribution in [3.8, 4) is 0 Å². The Balaban J connectivity index is 1.81. The average Bonchev–Trinajstić information content (AvgIpc) is 2.50. The second-order valence-corrected chi connectivity index (χ2v) is 7.33. The van der Waals surface area contributed by atoms with E-state index in [0.717, 1.165) is 24.3 Å². The summed E-state index contributed by atoms with van der Waals surface area (Å²) in [6, 6.07) is 3.97. The minimum Gasteiger partial charge on any atom is -0.397 e. The van der Waals surface area contributed by atoms with Crippen molar-refractivity contribution >= 4 is 17.4 Å². The van der Waals surface area contributed by atoms with E-state index in [4.69, 9.17) is 5.73 Å². The fraction of sp³-hybridized carbons (Fsp3) is 0.643. The van der Waals surface area contributed by atoms with Crippen LogP contribution in [-0.4, -0.2) is 40.0 Å². The van der Waals surface area contributed by atoms with Gasteiger partial charge in [0.2, 0.25) is 0 Å². The van der Waals surface area contributed by atoms with Crippen molar-refractivity contribution in [3.05, 3.63) is 24.0 Å². The van der Waals surface area contributed by atoms with E-state index in [1.54, 1.807) is 6.20 Å². The zero-order chi connectivity index (χ0) is 13.0. The van der Waals surface area contributed by atoms with Crippen molar-refractivity contribution in [2.45, 2.75) is 31.4 Å². The van der Waals surface area contributed by atoms with Gasteiger partial charge in [-0.3, -0.25) is 4.98 Å². The van der Waals surface area contributed by atoms with Crippen LogP contribution in [0, 0.1) is 0 Å². The van der Waals surface area contributed by atoms with E-state index in [0.29, 0.717) is 4.75 Å². The minimum absolute atomic E-state index is 0.439. The Morgan fingerprint density at radius 3 is 2.94 bits per heavy atom. The molecule has 18 heavy (non-hydrogen) atoms. The highest BCUT2D eigenvalue weighted by atomic mass is 32.2. The number of anilines is 1. The van der Waals surface area contributed by atoms with Gasteiger partial charge in [0, 0.05) is 35.7 Å². The third-order valence-electron chi connectivity index (χ3n) is 3.46. The molecule has 3 nitrogen and oxygen atoms in total. The van der Waals surface area contributed by atoms with Gasteiger partial charge < -0.3 is 10.6 Å². The minimum atomic E-state index is 0.439. The molecule has 0 radical (unpaired) electrons. The van der Waals surface area contributed by atoms with Crippen molar-refractivity contribution < 1.29 is 0 Å². The lowest BCUT2D eigenvalue weighted by molar-refractivity contribution is 0.287. The smallest absolute Gasteiger partial charge is 0.0501 e. The van der Waals surface area contributed by atoms with Crippen LogP contribution in [0.15, 0.2) is 18.3 Å². The van der Waals surface area contributed by atoms with Crippen molar-refractivity contribution in [3.63, 3.8) is 0 Å². The zero-order valence-electron chi connectivity index (χ0n) is 11.4. The number of pyridine rings is 1. The Morgan fingerprint density at radius 1 is 1.39 bits per heavy atom. The summed E-state index contributed by atoms with van der Waals surface area (Å²) in [7, 11) is 0. The van der Waals surface area contributed by atoms with Crippen LogP contribution in [0.25, 0.3) is 0 Å². The van der Waals surface area contributed by atoms with Gasteiger partial charge in [-0.05, 0) is 25.1 Å². The van der Waals surface area contributed by atoms with Crippen LogP contribution in [0.3, 0.4) is 0 Å². The van der Waals surface area contributed by atoms with Crippen LogP contribution in [0.1, 0.15) is 26.0 Å². The van der Waals surface area contributed by atoms with Crippen LogP contribution in [0.2, 0.25) is 0 Å². The van der Waals surface area contributed by atoms with Gasteiger partial charge in [-0.1, -0.05) is 13.8 Å². The lowest BCUT2D eigenvalue weighted by atomic mass is 10.1. The number of hydrogen-bond donors (Lipinski definition) is 1. The molecule has 1 saturated heterocycles. The van der Waals surface area contributed by atoms with Gasteiger partial charge in [0.25, 0.3) is 0 Å². The molecule has 2 rings (SSSR count). The Labute approximate surface area is 114 Å². The van der Waals surface area contributed by atoms with Crippen LogP contribution < -0.4 is 5.73 Å². The first-order chi connectivity index (χ1) is 8.55. The van der Waals surface area contributed by atoms with E-state index < -0.39 is 0 Å². The molecule has 4 heteroatoms. The molecule has 1 aromatic heterocycles. The van der Waals surface area contributed by atoms with Gasteiger partial charge >= 0.3 is 0 Å². The summed E-state index contributed by atoms with van der Waals surface area (Å²) in [6.07, 6.45) is 4.04. The summed E-state index contributed by atoms with van der Waals surface area (Å²) >= 11 is 2.09. The number of aromatic nitrogens is 1. The molecule has 1 aromatic rings. The lowest BCUT2D eigenvalue weighted by Gasteiger charge is -2.22. The van der Waals surface area contributed by atoms with Gasteiger partial charge in [-0.2, -0.15) is 11.8 Å². The fourth-order valence-electron chi connectivity index (χ4n) is 2.14. The molecule has 0 atom stereocenters. The number of hydrogen-bond acceptors (Lipinski definition) is 4. The van der Waals surface area contributed by atoms with Crippen LogP contribution in [-0.2, 0) is 6.42 Å². The van der Waals surface area contributed by atoms with Crippen LogP contribution in [0.5, 0.6) is 0 Å². The Hall–Kier alpha value is -0.740. The molecular weight excluding hydrogens is 242 g/mol. The average molecular weight is 265 g/mol. The molecule has 0 amide bonds. The fourth-order valence-corrected chi connectivity index (χ4v) is 3.28. The summed E-state index contributed by atoms with van der Waals surface area (Å²) in [6.45, 7) is 8.21. The summed E-state index contributed by atoms with van der Waals surface area (Å²) < 4.78 is 0.439. The van der Waals surface area contributed by atoms with E-state index in [1.807, 2.05) is 12.1 Å². The maximum absolute atomic E-state index is 5.64. The number of thioether (sulfide) groups is 1. The summed E-state index contributed by atoms with van der Waals surface area (Å²) in [4.78, 5) is 6.91. The first-order valence-electron chi connectivity index (χ1n) is 6.62. The molecule has 0 aliphatic carbocycles. The summed E-state index contributed by atoms with van der Waals surface area (Å²) in [5.41, 5.74) is 7.52. The van der Waals surface area contributed by atoms with E-state index in [9.17, 15) is 0 Å². The number of nitrogens with zero attached hydrogens (tertiary/aromatic N) is 2. The standard InChI is InChI=1S/C14H23N3S/c1-14(2)6-8-17(9-10-18-14)7-5-13-4-3-12(15)11-16-13/h3-4,11H,5-10,15H2,1-2H3. The number of nitrogen functional groups attached to an aromatic ring is 1. The lowest BCUT2D eigenvalue weighted by Crippen LogP contribution is -2.29. The maximum Gasteiger partial charge on any atom is 0.0501 e. The molecular formula is C14H23N3S. The molecule has 0 spiro atoms. The largest absolute Gasteiger partial charge is 0.397 e. The highest BCUT2D eigenvalue weighted by Gasteiger charge is 2.23. The molecule has 0 bridgehead atoms. The topological polar surface area (TPSA) is 42.1 Å². The predicted octanol–water partition coefficient (Wildman–Crippen LogP) is 2.42. The third-order valence-corrected chi connectivity index (χ3v) is 4.83. The number of nitrogens with two attached hydrogens (primary N) is 1. The zero-order valence-corrected chi connectivity index (χ0v) is 12.2. The molecule has 2 N–H and O–H groups in total. The Kier molecular flexibility index (Phi) is 4.51. The summed E-state index contributed by atoms with van der Waals surface area (Å²) in [5, 5.41) is 0. The normalized spacial score (nSPS) is 20.6. The van der Waals surface area contributed by atoms with Crippen molar-refractivity contribution in [2.75, 3.05) is 31.1 Å². The van der Waals surface area contributed by atoms with E-state index in [2.05, 4.69) is 35.5 Å². The molecule has 1 aliphatic rings. The maximum atomic E-state index is 5.64. The Bertz CT molecular complexity index is 375. The second-order valence-electron chi connectivity index (χ2n) is 5.53. The molecule has 1 fully saturated rings. The highest BCUT2D eigenvalue weighted by Crippen LogP contribution is 2.30. The molecule has 100 valence electrons. The highest BCUT2D eigenvalue weighted by molar-refractivity contribution is 8.00. The SMILES string of the molecule is CC1(C)CCN(CCc2ccc(N)cn2)CCS1. The van der Waals surface area contributed by atoms with Gasteiger partial charge in [0.15, 0.2) is 0 Å². The molecule has 0 aromatic carbocycles. The third kappa shape index (κ3) is 4.18. The van der Waals surface area contributed by atoms with Gasteiger partial charge in [0.1, 0.15) is 0 Å². The predicted molar refractivity (Wildman–Crippen MR) is 79.9 cm³/mol. The molecule has 0 unspecified atom stereocenters. The first kappa shape index (κ1) is 13.7. The van der Waals surface area contributed by atoms with Crippen molar-refractivity contribution in [2.24, 2.45) is 0 Å². The van der Waals surface area contributed by atoms with Crippen molar-refractivity contribution in [1.82, 2.24) is 9.88 Å². The molecule has 1 aliphatic heterocycles. The Morgan fingerprint density at radius 2 is 2.22 bits per heavy atom. The van der Waals surface area contributed by atoms with Gasteiger partial charge in [-0.15, -0.1) is 0 Å². The van der Waals surface area contributed by atoms with Gasteiger partial charge in [0.05, 0.1) is 11.9 Å². The van der Waals surface area contributed by atoms with Crippen LogP contribution >= 0.6 is 11.8 Å². The van der Waals surface area contributed by atoms with Crippen LogP contribution in [0.4, 0.5) is 5.69 Å². The summed E-state index contributed by atoms with van der Waals surface area (Å²) in [5.74, 6) is 1.24. The van der Waals surface area contributed by atoms with Gasteiger partial charge in [-0.25, -0.2) is 0 Å². The quantitative estimate of drug-likeness (QED) is 0.911. The van der Waals surface area contributed by atoms with E-state index in [-0.39, 0.29) is 0 Å². The number of rotatable bonds is 3. The molecule has 2 heterocycles. The molecule has 0 saturated carbocycles. The first-order valence-corrected chi connectivity index (χ1v) is 7.60. The van der Waals surface area contributed by atoms with E-state index in [1.165, 1.54) is 25.3 Å². The monoisotopic (exact) mass is 265 g/mol. The second kappa shape index (κ2) is 5.93.